The Balaban J connectivity index is 0. The van der Waals surface area contributed by atoms with Gasteiger partial charge in [-0.05, 0) is 6.92 Å². The zero-order valence-electron chi connectivity index (χ0n) is 6.48. The minimum Gasteiger partial charge on any atom is -0.748 e. The third-order valence-corrected chi connectivity index (χ3v) is 1.36. The van der Waals surface area contributed by atoms with E-state index in [2.05, 4.69) is 4.74 Å². The third-order valence-electron chi connectivity index (χ3n) is 0.692. The molecule has 0 aliphatic heterocycles. The average molecular weight is 192 g/mol. The SMILES string of the molecule is CC(O)OCCS(=O)(=O)[O-].[Na+]. The molecule has 62 valence electrons. The summed E-state index contributed by atoms with van der Waals surface area (Å²) in [5.41, 5.74) is 0. The molecular formula is C4H9NaO5S. The van der Waals surface area contributed by atoms with Crippen molar-refractivity contribution >= 4 is 10.1 Å². The Morgan fingerprint density at radius 1 is 1.64 bits per heavy atom. The van der Waals surface area contributed by atoms with E-state index in [9.17, 15) is 13.0 Å². The first kappa shape index (κ1) is 14.4. The van der Waals surface area contributed by atoms with Crippen LogP contribution < -0.4 is 29.6 Å². The van der Waals surface area contributed by atoms with Crippen molar-refractivity contribution in [1.82, 2.24) is 0 Å². The van der Waals surface area contributed by atoms with E-state index in [1.54, 1.807) is 0 Å². The molecule has 0 bridgehead atoms. The first-order valence-electron chi connectivity index (χ1n) is 2.65. The van der Waals surface area contributed by atoms with Crippen LogP contribution in [-0.2, 0) is 14.9 Å². The number of hydrogen-bond donors (Lipinski definition) is 1. The van der Waals surface area contributed by atoms with Crippen LogP contribution in [0.25, 0.3) is 0 Å². The molecule has 5 nitrogen and oxygen atoms in total. The van der Waals surface area contributed by atoms with E-state index in [-0.39, 0.29) is 36.2 Å². The molecule has 1 atom stereocenters. The molecule has 11 heavy (non-hydrogen) atoms. The maximum atomic E-state index is 9.90. The van der Waals surface area contributed by atoms with E-state index < -0.39 is 22.2 Å². The van der Waals surface area contributed by atoms with Gasteiger partial charge in [-0.3, -0.25) is 0 Å². The van der Waals surface area contributed by atoms with Gasteiger partial charge in [-0.25, -0.2) is 8.42 Å². The number of aliphatic hydroxyl groups is 1. The van der Waals surface area contributed by atoms with Crippen molar-refractivity contribution in [2.75, 3.05) is 12.4 Å². The van der Waals surface area contributed by atoms with E-state index in [4.69, 9.17) is 5.11 Å². The Bertz CT molecular complexity index is 175. The zero-order valence-corrected chi connectivity index (χ0v) is 9.30. The Kier molecular flexibility index (Phi) is 8.30. The third kappa shape index (κ3) is 13.8. The van der Waals surface area contributed by atoms with Crippen LogP contribution in [0.4, 0.5) is 0 Å². The second-order valence-corrected chi connectivity index (χ2v) is 3.26. The fourth-order valence-corrected chi connectivity index (χ4v) is 0.621. The number of ether oxygens (including phenoxy) is 1. The van der Waals surface area contributed by atoms with Crippen molar-refractivity contribution in [3.8, 4) is 0 Å². The summed E-state index contributed by atoms with van der Waals surface area (Å²) in [5, 5.41) is 8.43. The van der Waals surface area contributed by atoms with Crippen LogP contribution in [0.15, 0.2) is 0 Å². The van der Waals surface area contributed by atoms with Crippen LogP contribution >= 0.6 is 0 Å². The van der Waals surface area contributed by atoms with Gasteiger partial charge < -0.3 is 14.4 Å². The molecule has 0 spiro atoms. The summed E-state index contributed by atoms with van der Waals surface area (Å²) in [5.74, 6) is -0.599. The van der Waals surface area contributed by atoms with E-state index in [0.29, 0.717) is 0 Å². The summed E-state index contributed by atoms with van der Waals surface area (Å²) < 4.78 is 34.1. The van der Waals surface area contributed by atoms with Gasteiger partial charge in [-0.15, -0.1) is 0 Å². The first-order valence-corrected chi connectivity index (χ1v) is 4.23. The molecule has 1 N–H and O–H groups in total. The summed E-state index contributed by atoms with van der Waals surface area (Å²) in [6.45, 7) is 1.07. The van der Waals surface area contributed by atoms with Crippen LogP contribution in [0, 0.1) is 0 Å². The zero-order chi connectivity index (χ0) is 8.20. The van der Waals surface area contributed by atoms with Crippen molar-refractivity contribution in [3.05, 3.63) is 0 Å². The van der Waals surface area contributed by atoms with E-state index in [1.165, 1.54) is 6.92 Å². The molecule has 0 rings (SSSR count). The second-order valence-electron chi connectivity index (χ2n) is 1.73. The van der Waals surface area contributed by atoms with Crippen molar-refractivity contribution in [2.45, 2.75) is 13.2 Å². The minimum absolute atomic E-state index is 0. The molecule has 0 saturated carbocycles. The molecule has 0 fully saturated rings. The molecule has 0 amide bonds. The Hall–Kier alpha value is 0.830. The van der Waals surface area contributed by atoms with Crippen LogP contribution in [0.2, 0.25) is 0 Å². The summed E-state index contributed by atoms with van der Waals surface area (Å²) >= 11 is 0. The van der Waals surface area contributed by atoms with Gasteiger partial charge in [-0.1, -0.05) is 0 Å². The monoisotopic (exact) mass is 192 g/mol. The van der Waals surface area contributed by atoms with Crippen molar-refractivity contribution < 1.29 is 52.4 Å². The first-order chi connectivity index (χ1) is 4.42. The van der Waals surface area contributed by atoms with Crippen molar-refractivity contribution in [3.63, 3.8) is 0 Å². The Labute approximate surface area is 87.8 Å². The van der Waals surface area contributed by atoms with Gasteiger partial charge in [0.15, 0.2) is 6.29 Å². The molecular weight excluding hydrogens is 183 g/mol. The van der Waals surface area contributed by atoms with Crippen LogP contribution in [-0.4, -0.2) is 36.7 Å². The Morgan fingerprint density at radius 3 is 2.36 bits per heavy atom. The van der Waals surface area contributed by atoms with E-state index in [1.807, 2.05) is 0 Å². The van der Waals surface area contributed by atoms with Crippen LogP contribution in [0.5, 0.6) is 0 Å². The number of aliphatic hydroxyl groups excluding tert-OH is 1. The number of hydrogen-bond acceptors (Lipinski definition) is 5. The molecule has 0 aromatic rings. The molecule has 0 aromatic heterocycles. The topological polar surface area (TPSA) is 86.7 Å². The molecule has 0 heterocycles. The maximum Gasteiger partial charge on any atom is 1.00 e. The summed E-state index contributed by atoms with van der Waals surface area (Å²) in [7, 11) is -4.21. The molecule has 0 aliphatic carbocycles. The molecule has 1 unspecified atom stereocenters. The predicted molar refractivity (Wildman–Crippen MR) is 32.2 cm³/mol. The molecule has 0 radical (unpaired) electrons. The van der Waals surface area contributed by atoms with Crippen LogP contribution in [0.1, 0.15) is 6.92 Å². The Morgan fingerprint density at radius 2 is 2.09 bits per heavy atom. The number of rotatable bonds is 4. The van der Waals surface area contributed by atoms with Gasteiger partial charge in [0.25, 0.3) is 0 Å². The smallest absolute Gasteiger partial charge is 0.748 e. The molecule has 0 saturated heterocycles. The van der Waals surface area contributed by atoms with Gasteiger partial charge in [0.05, 0.1) is 22.5 Å². The van der Waals surface area contributed by atoms with Crippen molar-refractivity contribution in [2.24, 2.45) is 0 Å². The molecule has 7 heteroatoms. The van der Waals surface area contributed by atoms with Gasteiger partial charge in [0.1, 0.15) is 0 Å². The fraction of sp³-hybridized carbons (Fsp3) is 1.00. The van der Waals surface area contributed by atoms with Gasteiger partial charge in [0.2, 0.25) is 0 Å². The second kappa shape index (κ2) is 6.36. The van der Waals surface area contributed by atoms with Crippen molar-refractivity contribution in [1.29, 1.82) is 0 Å². The fourth-order valence-electron chi connectivity index (χ4n) is 0.321. The maximum absolute atomic E-state index is 9.90. The van der Waals surface area contributed by atoms with Crippen LogP contribution in [0.3, 0.4) is 0 Å². The molecule has 0 aliphatic rings. The van der Waals surface area contributed by atoms with Gasteiger partial charge in [0, 0.05) is 0 Å². The summed E-state index contributed by atoms with van der Waals surface area (Å²) in [6.07, 6.45) is -1.03. The summed E-state index contributed by atoms with van der Waals surface area (Å²) in [6, 6.07) is 0. The quantitative estimate of drug-likeness (QED) is 0.278. The van der Waals surface area contributed by atoms with E-state index in [0.717, 1.165) is 0 Å². The minimum atomic E-state index is -4.21. The normalized spacial score (nSPS) is 13.7. The van der Waals surface area contributed by atoms with Gasteiger partial charge in [-0.2, -0.15) is 0 Å². The van der Waals surface area contributed by atoms with E-state index >= 15 is 0 Å². The average Bonchev–Trinajstić information content (AvgIpc) is 1.59. The predicted octanol–water partition coefficient (Wildman–Crippen LogP) is -4.11. The van der Waals surface area contributed by atoms with Gasteiger partial charge >= 0.3 is 29.6 Å². The standard InChI is InChI=1S/C4H10O5S.Na/c1-4(5)9-2-3-10(6,7)8;/h4-5H,2-3H2,1H3,(H,6,7,8);/q;+1/p-1. The summed E-state index contributed by atoms with van der Waals surface area (Å²) in [4.78, 5) is 0. The molecule has 0 aromatic carbocycles. The largest absolute Gasteiger partial charge is 1.00 e.